The lowest BCUT2D eigenvalue weighted by Gasteiger charge is -2.63. The highest BCUT2D eigenvalue weighted by atomic mass is 16.4. The van der Waals surface area contributed by atoms with Crippen molar-refractivity contribution >= 4 is 5.97 Å². The summed E-state index contributed by atoms with van der Waals surface area (Å²) in [6.45, 7) is 6.72. The summed E-state index contributed by atoms with van der Waals surface area (Å²) < 4.78 is 0. The normalized spacial score (nSPS) is 52.9. The number of aliphatic hydroxyl groups is 3. The van der Waals surface area contributed by atoms with Crippen molar-refractivity contribution in [3.63, 3.8) is 0 Å². The molecule has 29 heavy (non-hydrogen) atoms. The summed E-state index contributed by atoms with van der Waals surface area (Å²) in [6, 6.07) is 0. The Morgan fingerprint density at radius 3 is 2.45 bits per heavy atom. The van der Waals surface area contributed by atoms with Gasteiger partial charge in [0.1, 0.15) is 0 Å². The highest BCUT2D eigenvalue weighted by Gasteiger charge is 2.65. The third-order valence-electron chi connectivity index (χ3n) is 10.3. The second-order valence-electron chi connectivity index (χ2n) is 11.4. The van der Waals surface area contributed by atoms with Gasteiger partial charge in [0.2, 0.25) is 0 Å². The summed E-state index contributed by atoms with van der Waals surface area (Å²) in [5, 5.41) is 42.0. The van der Waals surface area contributed by atoms with Gasteiger partial charge in [0, 0.05) is 6.42 Å². The van der Waals surface area contributed by atoms with E-state index in [2.05, 4.69) is 20.8 Å². The summed E-state index contributed by atoms with van der Waals surface area (Å²) in [7, 11) is 0. The molecule has 0 saturated heterocycles. The van der Waals surface area contributed by atoms with Crippen LogP contribution in [0.4, 0.5) is 0 Å². The fourth-order valence-corrected chi connectivity index (χ4v) is 8.68. The van der Waals surface area contributed by atoms with Crippen molar-refractivity contribution in [2.24, 2.45) is 46.3 Å². The Morgan fingerprint density at radius 1 is 1.03 bits per heavy atom. The second-order valence-corrected chi connectivity index (χ2v) is 11.4. The smallest absolute Gasteiger partial charge is 0.303 e. The van der Waals surface area contributed by atoms with Crippen LogP contribution in [0, 0.1) is 46.3 Å². The van der Waals surface area contributed by atoms with Gasteiger partial charge < -0.3 is 20.4 Å². The SMILES string of the molecule is C[C@H](CCC(=O)O)[C@H]1CC[C@H]2[C@H]3[C@H](O)C[C@@H]4C[C@H](O)CCC4(C)[C@H]3C[C@H](O)[C@]12C. The van der Waals surface area contributed by atoms with Gasteiger partial charge in [0.15, 0.2) is 0 Å². The minimum atomic E-state index is -0.748. The standard InChI is InChI=1S/C24H40O5/c1-13(4-7-21(28)29)16-5-6-17-22-18(12-20(27)24(16,17)3)23(2)9-8-15(25)10-14(23)11-19(22)26/h13-20,22,25-27H,4-12H2,1-3H3,(H,28,29)/t13-,14+,15-,16-,17+,18+,19-,20+,22-,23?,24-/m1/s1. The Morgan fingerprint density at radius 2 is 1.76 bits per heavy atom. The number of aliphatic hydroxyl groups excluding tert-OH is 3. The highest BCUT2D eigenvalue weighted by molar-refractivity contribution is 5.66. The van der Waals surface area contributed by atoms with E-state index in [0.717, 1.165) is 44.9 Å². The molecule has 5 nitrogen and oxygen atoms in total. The maximum Gasteiger partial charge on any atom is 0.303 e. The Kier molecular flexibility index (Phi) is 5.57. The maximum absolute atomic E-state index is 11.5. The van der Waals surface area contributed by atoms with Gasteiger partial charge in [-0.2, -0.15) is 0 Å². The van der Waals surface area contributed by atoms with Crippen LogP contribution in [0.25, 0.3) is 0 Å². The summed E-state index contributed by atoms with van der Waals surface area (Å²) in [5.74, 6) is 0.997. The fraction of sp³-hybridized carbons (Fsp3) is 0.958. The van der Waals surface area contributed by atoms with Crippen LogP contribution in [-0.4, -0.2) is 44.7 Å². The average molecular weight is 409 g/mol. The topological polar surface area (TPSA) is 98.0 Å². The minimum absolute atomic E-state index is 0.0957. The zero-order valence-corrected chi connectivity index (χ0v) is 18.3. The van der Waals surface area contributed by atoms with Gasteiger partial charge in [0.05, 0.1) is 18.3 Å². The summed E-state index contributed by atoms with van der Waals surface area (Å²) >= 11 is 0. The molecule has 0 spiro atoms. The van der Waals surface area contributed by atoms with Crippen LogP contribution < -0.4 is 0 Å². The molecule has 0 amide bonds. The van der Waals surface area contributed by atoms with Gasteiger partial charge >= 0.3 is 5.97 Å². The van der Waals surface area contributed by atoms with Crippen LogP contribution in [0.2, 0.25) is 0 Å². The molecule has 5 heteroatoms. The van der Waals surface area contributed by atoms with E-state index in [4.69, 9.17) is 5.11 Å². The molecule has 4 fully saturated rings. The lowest BCUT2D eigenvalue weighted by molar-refractivity contribution is -0.207. The molecule has 11 atom stereocenters. The van der Waals surface area contributed by atoms with Crippen molar-refractivity contribution in [2.75, 3.05) is 0 Å². The number of rotatable bonds is 4. The maximum atomic E-state index is 11.5. The van der Waals surface area contributed by atoms with Crippen molar-refractivity contribution < 1.29 is 25.2 Å². The molecule has 1 unspecified atom stereocenters. The van der Waals surface area contributed by atoms with Gasteiger partial charge in [-0.25, -0.2) is 0 Å². The molecule has 4 saturated carbocycles. The van der Waals surface area contributed by atoms with Gasteiger partial charge in [-0.05, 0) is 97.7 Å². The lowest BCUT2D eigenvalue weighted by Crippen LogP contribution is -2.62. The molecule has 0 aromatic rings. The van der Waals surface area contributed by atoms with Gasteiger partial charge in [-0.3, -0.25) is 4.79 Å². The van der Waals surface area contributed by atoms with E-state index in [1.165, 1.54) is 0 Å². The van der Waals surface area contributed by atoms with E-state index in [0.29, 0.717) is 30.1 Å². The van der Waals surface area contributed by atoms with E-state index in [1.807, 2.05) is 0 Å². The summed E-state index contributed by atoms with van der Waals surface area (Å²) in [4.78, 5) is 11.1. The molecule has 4 N–H and O–H groups in total. The highest BCUT2D eigenvalue weighted by Crippen LogP contribution is 2.68. The zero-order chi connectivity index (χ0) is 21.1. The first-order valence-electron chi connectivity index (χ1n) is 11.8. The predicted molar refractivity (Wildman–Crippen MR) is 110 cm³/mol. The molecule has 0 aromatic carbocycles. The average Bonchev–Trinajstić information content (AvgIpc) is 3.01. The fourth-order valence-electron chi connectivity index (χ4n) is 8.68. The van der Waals surface area contributed by atoms with Crippen molar-refractivity contribution in [2.45, 2.75) is 96.9 Å². The molecule has 0 aliphatic heterocycles. The zero-order valence-electron chi connectivity index (χ0n) is 18.3. The van der Waals surface area contributed by atoms with Crippen molar-refractivity contribution in [1.82, 2.24) is 0 Å². The number of hydrogen-bond acceptors (Lipinski definition) is 4. The first kappa shape index (κ1) is 21.6. The second kappa shape index (κ2) is 7.49. The molecule has 0 bridgehead atoms. The third-order valence-corrected chi connectivity index (χ3v) is 10.3. The number of aliphatic carboxylic acids is 1. The molecule has 0 radical (unpaired) electrons. The van der Waals surface area contributed by atoms with E-state index in [1.54, 1.807) is 0 Å². The molecule has 0 aromatic heterocycles. The number of hydrogen-bond donors (Lipinski definition) is 4. The van der Waals surface area contributed by atoms with Gasteiger partial charge in [0.25, 0.3) is 0 Å². The molecule has 4 rings (SSSR count). The van der Waals surface area contributed by atoms with E-state index < -0.39 is 12.1 Å². The molecule has 4 aliphatic carbocycles. The van der Waals surface area contributed by atoms with Crippen molar-refractivity contribution in [1.29, 1.82) is 0 Å². The third kappa shape index (κ3) is 3.27. The molecule has 4 aliphatic rings. The van der Waals surface area contributed by atoms with Crippen LogP contribution >= 0.6 is 0 Å². The van der Waals surface area contributed by atoms with E-state index in [9.17, 15) is 20.1 Å². The monoisotopic (exact) mass is 408 g/mol. The molecule has 0 heterocycles. The van der Waals surface area contributed by atoms with Crippen LogP contribution in [0.3, 0.4) is 0 Å². The predicted octanol–water partition coefficient (Wildman–Crippen LogP) is 3.45. The van der Waals surface area contributed by atoms with Gasteiger partial charge in [-0.1, -0.05) is 20.8 Å². The molecular formula is C24H40O5. The Balaban J connectivity index is 1.61. The Hall–Kier alpha value is -0.650. The number of carboxylic acids is 1. The molecule has 166 valence electrons. The van der Waals surface area contributed by atoms with Crippen LogP contribution in [-0.2, 0) is 4.79 Å². The minimum Gasteiger partial charge on any atom is -0.481 e. The summed E-state index contributed by atoms with van der Waals surface area (Å²) in [5.41, 5.74) is -0.143. The van der Waals surface area contributed by atoms with Gasteiger partial charge in [-0.15, -0.1) is 0 Å². The summed E-state index contributed by atoms with van der Waals surface area (Å²) in [6.07, 6.45) is 6.00. The first-order valence-corrected chi connectivity index (χ1v) is 11.8. The van der Waals surface area contributed by atoms with Crippen LogP contribution in [0.5, 0.6) is 0 Å². The van der Waals surface area contributed by atoms with E-state index in [-0.39, 0.29) is 41.3 Å². The van der Waals surface area contributed by atoms with E-state index >= 15 is 0 Å². The van der Waals surface area contributed by atoms with Crippen molar-refractivity contribution in [3.05, 3.63) is 0 Å². The first-order chi connectivity index (χ1) is 13.6. The quantitative estimate of drug-likeness (QED) is 0.571. The number of carboxylic acid groups (broad SMARTS) is 1. The van der Waals surface area contributed by atoms with Crippen LogP contribution in [0.1, 0.15) is 78.6 Å². The number of fused-ring (bicyclic) bond motifs is 5. The lowest BCUT2D eigenvalue weighted by atomic mass is 9.43. The van der Waals surface area contributed by atoms with Crippen LogP contribution in [0.15, 0.2) is 0 Å². The molecular weight excluding hydrogens is 368 g/mol. The van der Waals surface area contributed by atoms with Crippen molar-refractivity contribution in [3.8, 4) is 0 Å². The Labute approximate surface area is 174 Å². The number of carbonyl (C=O) groups is 1. The largest absolute Gasteiger partial charge is 0.481 e. The Bertz CT molecular complexity index is 637.